The van der Waals surface area contributed by atoms with Crippen LogP contribution < -0.4 is 0 Å². The maximum Gasteiger partial charge on any atom is 0.0933 e. The Hall–Kier alpha value is -0.600. The SMILES string of the molecule is CCC(O)C=C=C1C(C)(O)CC(O)C1(C)C. The molecule has 1 rings (SSSR count). The van der Waals surface area contributed by atoms with Crippen molar-refractivity contribution in [2.75, 3.05) is 0 Å². The van der Waals surface area contributed by atoms with Crippen molar-refractivity contribution in [3.63, 3.8) is 0 Å². The Labute approximate surface area is 97.1 Å². The van der Waals surface area contributed by atoms with E-state index >= 15 is 0 Å². The maximum absolute atomic E-state index is 10.2. The van der Waals surface area contributed by atoms with E-state index in [0.29, 0.717) is 18.4 Å². The van der Waals surface area contributed by atoms with Gasteiger partial charge in [-0.2, -0.15) is 0 Å². The van der Waals surface area contributed by atoms with Gasteiger partial charge < -0.3 is 15.3 Å². The van der Waals surface area contributed by atoms with Crippen LogP contribution in [0.1, 0.15) is 40.5 Å². The van der Waals surface area contributed by atoms with Crippen LogP contribution in [-0.2, 0) is 0 Å². The molecule has 0 amide bonds. The van der Waals surface area contributed by atoms with Crippen LogP contribution in [0.25, 0.3) is 0 Å². The lowest BCUT2D eigenvalue weighted by Gasteiger charge is -2.25. The third-order valence-electron chi connectivity index (χ3n) is 3.45. The van der Waals surface area contributed by atoms with Crippen LogP contribution in [0.3, 0.4) is 0 Å². The lowest BCUT2D eigenvalue weighted by atomic mass is 9.82. The van der Waals surface area contributed by atoms with Crippen LogP contribution in [0, 0.1) is 5.41 Å². The van der Waals surface area contributed by atoms with E-state index in [0.717, 1.165) is 0 Å². The molecule has 3 N–H and O–H groups in total. The molecule has 1 aliphatic rings. The third kappa shape index (κ3) is 2.38. The summed E-state index contributed by atoms with van der Waals surface area (Å²) in [6.45, 7) is 7.32. The highest BCUT2D eigenvalue weighted by Crippen LogP contribution is 2.47. The fourth-order valence-corrected chi connectivity index (χ4v) is 2.23. The first-order valence-electron chi connectivity index (χ1n) is 5.78. The van der Waals surface area contributed by atoms with Gasteiger partial charge in [-0.3, -0.25) is 0 Å². The van der Waals surface area contributed by atoms with Gasteiger partial charge in [-0.05, 0) is 19.4 Å². The summed E-state index contributed by atoms with van der Waals surface area (Å²) in [6, 6.07) is 0. The van der Waals surface area contributed by atoms with Gasteiger partial charge in [-0.25, -0.2) is 0 Å². The minimum atomic E-state index is -1.03. The molecule has 3 heteroatoms. The molecule has 0 aromatic heterocycles. The summed E-state index contributed by atoms with van der Waals surface area (Å²) in [5.41, 5.74) is 2.11. The molecule has 0 aromatic rings. The van der Waals surface area contributed by atoms with E-state index in [2.05, 4.69) is 5.73 Å². The molecule has 16 heavy (non-hydrogen) atoms. The van der Waals surface area contributed by atoms with Crippen molar-refractivity contribution in [2.45, 2.75) is 58.3 Å². The average molecular weight is 226 g/mol. The van der Waals surface area contributed by atoms with Crippen molar-refractivity contribution in [1.82, 2.24) is 0 Å². The number of aliphatic hydroxyl groups excluding tert-OH is 2. The Morgan fingerprint density at radius 1 is 1.50 bits per heavy atom. The van der Waals surface area contributed by atoms with Gasteiger partial charge in [0, 0.05) is 17.4 Å². The van der Waals surface area contributed by atoms with E-state index in [1.54, 1.807) is 13.0 Å². The molecule has 0 radical (unpaired) electrons. The molecule has 92 valence electrons. The predicted octanol–water partition coefficient (Wildman–Crippen LogP) is 1.38. The number of hydrogen-bond acceptors (Lipinski definition) is 3. The second kappa shape index (κ2) is 4.34. The van der Waals surface area contributed by atoms with Gasteiger partial charge in [-0.1, -0.05) is 20.8 Å². The van der Waals surface area contributed by atoms with Crippen LogP contribution in [0.5, 0.6) is 0 Å². The van der Waals surface area contributed by atoms with Gasteiger partial charge in [-0.15, -0.1) is 5.73 Å². The second-order valence-electron chi connectivity index (χ2n) is 5.38. The first kappa shape index (κ1) is 13.5. The van der Waals surface area contributed by atoms with Crippen molar-refractivity contribution >= 4 is 0 Å². The lowest BCUT2D eigenvalue weighted by Crippen LogP contribution is -2.26. The van der Waals surface area contributed by atoms with Gasteiger partial charge in [0.25, 0.3) is 0 Å². The fraction of sp³-hybridized carbons (Fsp3) is 0.769. The molecular weight excluding hydrogens is 204 g/mol. The van der Waals surface area contributed by atoms with Crippen LogP contribution in [-0.4, -0.2) is 33.1 Å². The van der Waals surface area contributed by atoms with Gasteiger partial charge in [0.05, 0.1) is 17.8 Å². The van der Waals surface area contributed by atoms with E-state index in [1.165, 1.54) is 0 Å². The van der Waals surface area contributed by atoms with Crippen LogP contribution in [0.4, 0.5) is 0 Å². The van der Waals surface area contributed by atoms with Crippen LogP contribution in [0.2, 0.25) is 0 Å². The average Bonchev–Trinajstić information content (AvgIpc) is 2.30. The molecule has 1 fully saturated rings. The second-order valence-corrected chi connectivity index (χ2v) is 5.38. The topological polar surface area (TPSA) is 60.7 Å². The fourth-order valence-electron chi connectivity index (χ4n) is 2.23. The van der Waals surface area contributed by atoms with Crippen molar-refractivity contribution < 1.29 is 15.3 Å². The summed E-state index contributed by atoms with van der Waals surface area (Å²) in [4.78, 5) is 0. The van der Waals surface area contributed by atoms with Crippen LogP contribution in [0.15, 0.2) is 17.4 Å². The summed E-state index contributed by atoms with van der Waals surface area (Å²) < 4.78 is 0. The van der Waals surface area contributed by atoms with Crippen molar-refractivity contribution in [1.29, 1.82) is 0 Å². The minimum Gasteiger partial charge on any atom is -0.392 e. The lowest BCUT2D eigenvalue weighted by molar-refractivity contribution is 0.0591. The third-order valence-corrected chi connectivity index (χ3v) is 3.45. The largest absolute Gasteiger partial charge is 0.392 e. The van der Waals surface area contributed by atoms with E-state index in [1.807, 2.05) is 20.8 Å². The Kier molecular flexibility index (Phi) is 3.65. The zero-order valence-electron chi connectivity index (χ0n) is 10.5. The van der Waals surface area contributed by atoms with Crippen molar-refractivity contribution in [3.8, 4) is 0 Å². The van der Waals surface area contributed by atoms with Crippen molar-refractivity contribution in [2.24, 2.45) is 5.41 Å². The van der Waals surface area contributed by atoms with E-state index in [-0.39, 0.29) is 0 Å². The molecule has 3 unspecified atom stereocenters. The molecule has 0 heterocycles. The predicted molar refractivity (Wildman–Crippen MR) is 62.9 cm³/mol. The molecule has 0 aromatic carbocycles. The Balaban J connectivity index is 3.14. The minimum absolute atomic E-state index is 0.318. The van der Waals surface area contributed by atoms with Crippen LogP contribution >= 0.6 is 0 Å². The van der Waals surface area contributed by atoms with Gasteiger partial charge in [0.2, 0.25) is 0 Å². The molecule has 3 atom stereocenters. The normalized spacial score (nSPS) is 34.7. The molecule has 3 nitrogen and oxygen atoms in total. The maximum atomic E-state index is 10.2. The molecule has 0 bridgehead atoms. The molecule has 0 saturated heterocycles. The van der Waals surface area contributed by atoms with E-state index < -0.39 is 23.2 Å². The quantitative estimate of drug-likeness (QED) is 0.623. The van der Waals surface area contributed by atoms with Gasteiger partial charge >= 0.3 is 0 Å². The first-order chi connectivity index (χ1) is 7.21. The van der Waals surface area contributed by atoms with Crippen molar-refractivity contribution in [3.05, 3.63) is 17.4 Å². The number of aliphatic hydroxyl groups is 3. The van der Waals surface area contributed by atoms with Gasteiger partial charge in [0.1, 0.15) is 0 Å². The highest BCUT2D eigenvalue weighted by molar-refractivity contribution is 5.30. The standard InChI is InChI=1S/C13H22O3/c1-5-9(14)6-7-10-12(2,3)11(15)8-13(10,4)16/h6,9,11,14-16H,5,8H2,1-4H3. The van der Waals surface area contributed by atoms with Gasteiger partial charge in [0.15, 0.2) is 0 Å². The smallest absolute Gasteiger partial charge is 0.0933 e. The number of rotatable bonds is 2. The summed E-state index contributed by atoms with van der Waals surface area (Å²) in [6.07, 6.45) is 1.38. The number of hydrogen-bond donors (Lipinski definition) is 3. The highest BCUT2D eigenvalue weighted by Gasteiger charge is 2.50. The monoisotopic (exact) mass is 226 g/mol. The molecule has 1 aliphatic carbocycles. The summed E-state index contributed by atoms with van der Waals surface area (Å²) >= 11 is 0. The zero-order valence-corrected chi connectivity index (χ0v) is 10.5. The summed E-state index contributed by atoms with van der Waals surface area (Å²) in [5, 5.41) is 29.5. The Bertz CT molecular complexity index is 322. The zero-order chi connectivity index (χ0) is 12.6. The van der Waals surface area contributed by atoms with E-state index in [4.69, 9.17) is 0 Å². The first-order valence-corrected chi connectivity index (χ1v) is 5.78. The Morgan fingerprint density at radius 2 is 2.06 bits per heavy atom. The van der Waals surface area contributed by atoms with E-state index in [9.17, 15) is 15.3 Å². The summed E-state index contributed by atoms with van der Waals surface area (Å²) in [7, 11) is 0. The molecule has 0 aliphatic heterocycles. The highest BCUT2D eigenvalue weighted by atomic mass is 16.3. The molecule has 1 saturated carbocycles. The molecule has 0 spiro atoms. The molecular formula is C13H22O3. The Morgan fingerprint density at radius 3 is 2.44 bits per heavy atom. The summed E-state index contributed by atoms with van der Waals surface area (Å²) in [5.74, 6) is 0.